The van der Waals surface area contributed by atoms with Crippen LogP contribution in [0.5, 0.6) is 17.2 Å². The number of fused-ring (bicyclic) bond motifs is 8. The summed E-state index contributed by atoms with van der Waals surface area (Å²) in [7, 11) is 7.59. The molecule has 2 aliphatic rings. The molecule has 0 saturated carbocycles. The Morgan fingerprint density at radius 2 is 1.34 bits per heavy atom. The summed E-state index contributed by atoms with van der Waals surface area (Å²) in [5.41, 5.74) is 10.8. The molecule has 47 heavy (non-hydrogen) atoms. The third-order valence-electron chi connectivity index (χ3n) is 9.79. The number of methoxy groups -OCH3 is 2. The van der Waals surface area contributed by atoms with Gasteiger partial charge in [-0.05, 0) is 82.3 Å². The predicted molar refractivity (Wildman–Crippen MR) is 193 cm³/mol. The van der Waals surface area contributed by atoms with Crippen molar-refractivity contribution in [2.24, 2.45) is 0 Å². The number of anilines is 1. The zero-order valence-corrected chi connectivity index (χ0v) is 27.2. The van der Waals surface area contributed by atoms with Crippen molar-refractivity contribution < 1.29 is 14.2 Å². The monoisotopic (exact) mass is 615 g/mol. The van der Waals surface area contributed by atoms with Crippen molar-refractivity contribution in [1.29, 1.82) is 0 Å². The van der Waals surface area contributed by atoms with Crippen molar-refractivity contribution in [3.63, 3.8) is 0 Å². The Morgan fingerprint density at radius 1 is 0.660 bits per heavy atom. The molecule has 6 aromatic carbocycles. The highest BCUT2D eigenvalue weighted by Crippen LogP contribution is 2.54. The summed E-state index contributed by atoms with van der Waals surface area (Å²) < 4.78 is 19.2. The maximum atomic E-state index is 7.60. The molecule has 0 spiro atoms. The maximum absolute atomic E-state index is 7.60. The first-order chi connectivity index (χ1) is 23.0. The van der Waals surface area contributed by atoms with Gasteiger partial charge in [0.15, 0.2) is 17.1 Å². The third kappa shape index (κ3) is 4.58. The first-order valence-electron chi connectivity index (χ1n) is 16.2. The smallest absolute Gasteiger partial charge is 0.178 e. The SMILES string of the molecule is COc1cc2c3c(c4c(c2cc1OC)CCc1ccccc1-4)OC(c1ccccc1)(c1ccc(N(C)C)c(-c2ccccc2)c1)C=C3. The van der Waals surface area contributed by atoms with Crippen LogP contribution in [-0.2, 0) is 18.4 Å². The van der Waals surface area contributed by atoms with E-state index in [-0.39, 0.29) is 0 Å². The molecular weight excluding hydrogens is 578 g/mol. The second kappa shape index (κ2) is 11.4. The first-order valence-corrected chi connectivity index (χ1v) is 16.2. The second-order valence-corrected chi connectivity index (χ2v) is 12.5. The van der Waals surface area contributed by atoms with Gasteiger partial charge in [-0.2, -0.15) is 0 Å². The van der Waals surface area contributed by atoms with Gasteiger partial charge in [0.2, 0.25) is 0 Å². The van der Waals surface area contributed by atoms with Crippen LogP contribution in [0.3, 0.4) is 0 Å². The lowest BCUT2D eigenvalue weighted by Gasteiger charge is -2.39. The Balaban J connectivity index is 1.44. The highest BCUT2D eigenvalue weighted by molar-refractivity contribution is 6.05. The number of hydrogen-bond donors (Lipinski definition) is 0. The molecule has 0 radical (unpaired) electrons. The number of benzene rings is 6. The first kappa shape index (κ1) is 29.0. The van der Waals surface area contributed by atoms with E-state index in [9.17, 15) is 0 Å². The fourth-order valence-electron chi connectivity index (χ4n) is 7.50. The lowest BCUT2D eigenvalue weighted by molar-refractivity contribution is 0.162. The molecule has 1 atom stereocenters. The summed E-state index contributed by atoms with van der Waals surface area (Å²) in [5, 5.41) is 2.27. The number of aryl methyl sites for hydroxylation is 2. The van der Waals surface area contributed by atoms with E-state index in [0.29, 0.717) is 5.75 Å². The van der Waals surface area contributed by atoms with Crippen molar-refractivity contribution >= 4 is 22.5 Å². The van der Waals surface area contributed by atoms with Crippen LogP contribution in [0.4, 0.5) is 5.69 Å². The number of nitrogens with zero attached hydrogens (tertiary/aromatic N) is 1. The lowest BCUT2D eigenvalue weighted by atomic mass is 9.77. The number of hydrogen-bond acceptors (Lipinski definition) is 4. The van der Waals surface area contributed by atoms with E-state index in [1.54, 1.807) is 14.2 Å². The number of ether oxygens (including phenoxy) is 3. The summed E-state index contributed by atoms with van der Waals surface area (Å²) in [5.74, 6) is 2.34. The Morgan fingerprint density at radius 3 is 2.06 bits per heavy atom. The maximum Gasteiger partial charge on any atom is 0.178 e. The van der Waals surface area contributed by atoms with E-state index in [1.165, 1.54) is 33.2 Å². The van der Waals surface area contributed by atoms with Gasteiger partial charge in [-0.3, -0.25) is 0 Å². The minimum Gasteiger partial charge on any atom is -0.493 e. The van der Waals surface area contributed by atoms with E-state index in [1.807, 2.05) is 0 Å². The molecule has 4 nitrogen and oxygen atoms in total. The molecule has 0 N–H and O–H groups in total. The van der Waals surface area contributed by atoms with Crippen LogP contribution in [0.25, 0.3) is 39.1 Å². The minimum absolute atomic E-state index is 0.707. The van der Waals surface area contributed by atoms with Crippen molar-refractivity contribution in [2.75, 3.05) is 33.2 Å². The molecule has 232 valence electrons. The van der Waals surface area contributed by atoms with Crippen LogP contribution in [-0.4, -0.2) is 28.3 Å². The fourth-order valence-corrected chi connectivity index (χ4v) is 7.50. The lowest BCUT2D eigenvalue weighted by Crippen LogP contribution is -2.35. The van der Waals surface area contributed by atoms with E-state index in [2.05, 4.69) is 146 Å². The molecule has 6 aromatic rings. The molecule has 1 heterocycles. The zero-order valence-electron chi connectivity index (χ0n) is 27.2. The average molecular weight is 616 g/mol. The van der Waals surface area contributed by atoms with Crippen molar-refractivity contribution in [3.05, 3.63) is 149 Å². The van der Waals surface area contributed by atoms with Gasteiger partial charge in [0.25, 0.3) is 0 Å². The Labute approximate surface area is 276 Å². The fraction of sp³-hybridized carbons (Fsp3) is 0.163. The minimum atomic E-state index is -0.868. The highest BCUT2D eigenvalue weighted by Gasteiger charge is 2.40. The third-order valence-corrected chi connectivity index (χ3v) is 9.79. The van der Waals surface area contributed by atoms with Crippen LogP contribution < -0.4 is 19.1 Å². The molecular formula is C43H37NO3. The van der Waals surface area contributed by atoms with Crippen LogP contribution in [0.15, 0.2) is 121 Å². The van der Waals surface area contributed by atoms with Crippen molar-refractivity contribution in [1.82, 2.24) is 0 Å². The van der Waals surface area contributed by atoms with Gasteiger partial charge in [-0.25, -0.2) is 0 Å². The van der Waals surface area contributed by atoms with E-state index >= 15 is 0 Å². The van der Waals surface area contributed by atoms with Crippen molar-refractivity contribution in [3.8, 4) is 39.5 Å². The van der Waals surface area contributed by atoms with Crippen LogP contribution in [0.1, 0.15) is 27.8 Å². The molecule has 8 rings (SSSR count). The van der Waals surface area contributed by atoms with E-state index < -0.39 is 5.60 Å². The van der Waals surface area contributed by atoms with Gasteiger partial charge in [0, 0.05) is 47.6 Å². The molecule has 0 aromatic heterocycles. The van der Waals surface area contributed by atoms with E-state index in [4.69, 9.17) is 14.2 Å². The number of rotatable bonds is 6. The van der Waals surface area contributed by atoms with Gasteiger partial charge < -0.3 is 19.1 Å². The normalized spacial score (nSPS) is 16.1. The summed E-state index contributed by atoms with van der Waals surface area (Å²) in [6.45, 7) is 0. The second-order valence-electron chi connectivity index (χ2n) is 12.5. The van der Waals surface area contributed by atoms with Gasteiger partial charge >= 0.3 is 0 Å². The highest BCUT2D eigenvalue weighted by atomic mass is 16.5. The predicted octanol–water partition coefficient (Wildman–Crippen LogP) is 9.71. The molecule has 0 fully saturated rings. The topological polar surface area (TPSA) is 30.9 Å². The van der Waals surface area contributed by atoms with E-state index in [0.717, 1.165) is 57.7 Å². The molecule has 1 aliphatic heterocycles. The quantitative estimate of drug-likeness (QED) is 0.187. The summed E-state index contributed by atoms with van der Waals surface area (Å²) >= 11 is 0. The van der Waals surface area contributed by atoms with Crippen molar-refractivity contribution in [2.45, 2.75) is 18.4 Å². The summed E-state index contributed by atoms with van der Waals surface area (Å²) in [4.78, 5) is 2.18. The zero-order chi connectivity index (χ0) is 32.1. The standard InChI is InChI=1S/C43H37NO3/c1-44(2)38-22-20-31(25-35(38)28-13-7-5-8-14-28)43(30-16-9-6-10-17-30)24-23-34-37-27-40(46-4)39(45-3)26-36(37)33-21-19-29-15-11-12-18-32(29)41(33)42(34)47-43/h5-18,20,22-27H,19,21H2,1-4H3. The largest absolute Gasteiger partial charge is 0.493 e. The van der Waals surface area contributed by atoms with Crippen LogP contribution in [0, 0.1) is 0 Å². The van der Waals surface area contributed by atoms with Crippen LogP contribution >= 0.6 is 0 Å². The van der Waals surface area contributed by atoms with Gasteiger partial charge in [0.1, 0.15) is 5.75 Å². The average Bonchev–Trinajstić information content (AvgIpc) is 3.14. The molecule has 1 aliphatic carbocycles. The van der Waals surface area contributed by atoms with Gasteiger partial charge in [0.05, 0.1) is 14.2 Å². The van der Waals surface area contributed by atoms with Crippen LogP contribution in [0.2, 0.25) is 0 Å². The molecule has 4 heteroatoms. The summed E-state index contributed by atoms with van der Waals surface area (Å²) in [6, 6.07) is 41.0. The summed E-state index contributed by atoms with van der Waals surface area (Å²) in [6.07, 6.45) is 6.38. The molecule has 1 unspecified atom stereocenters. The van der Waals surface area contributed by atoms with Gasteiger partial charge in [-0.1, -0.05) is 91.0 Å². The molecule has 0 saturated heterocycles. The Hall–Kier alpha value is -5.48. The Bertz CT molecular complexity index is 2170. The molecule has 0 amide bonds. The van der Waals surface area contributed by atoms with Gasteiger partial charge in [-0.15, -0.1) is 0 Å². The Kier molecular flexibility index (Phi) is 7.02. The molecule has 0 bridgehead atoms.